The van der Waals surface area contributed by atoms with Crippen molar-refractivity contribution in [2.24, 2.45) is 0 Å². The van der Waals surface area contributed by atoms with Crippen molar-refractivity contribution in [1.82, 2.24) is 14.7 Å². The lowest BCUT2D eigenvalue weighted by atomic mass is 10.1. The average molecular weight is 512 g/mol. The van der Waals surface area contributed by atoms with Crippen LogP contribution in [0.15, 0.2) is 76.8 Å². The van der Waals surface area contributed by atoms with Crippen molar-refractivity contribution in [3.05, 3.63) is 82.3 Å². The van der Waals surface area contributed by atoms with Crippen LogP contribution in [0.5, 0.6) is 5.75 Å². The highest BCUT2D eigenvalue weighted by Crippen LogP contribution is 2.36. The van der Waals surface area contributed by atoms with Crippen LogP contribution >= 0.6 is 39.9 Å². The fourth-order valence-corrected chi connectivity index (χ4v) is 4.98. The lowest BCUT2D eigenvalue weighted by molar-refractivity contribution is -0.121. The van der Waals surface area contributed by atoms with Crippen LogP contribution in [0.3, 0.4) is 0 Å². The van der Waals surface area contributed by atoms with Gasteiger partial charge in [0.1, 0.15) is 15.8 Å². The second kappa shape index (κ2) is 9.21. The molecule has 0 aliphatic carbocycles. The first-order valence-electron chi connectivity index (χ1n) is 9.37. The molecule has 2 aromatic carbocycles. The van der Waals surface area contributed by atoms with Crippen LogP contribution in [-0.4, -0.2) is 38.6 Å². The molecular weight excluding hydrogens is 494 g/mol. The summed E-state index contributed by atoms with van der Waals surface area (Å²) in [5.74, 6) is 0.613. The van der Waals surface area contributed by atoms with Gasteiger partial charge in [0.2, 0.25) is 0 Å². The van der Waals surface area contributed by atoms with Gasteiger partial charge in [-0.1, -0.05) is 48.3 Å². The van der Waals surface area contributed by atoms with Crippen LogP contribution in [0.4, 0.5) is 0 Å². The Morgan fingerprint density at radius 2 is 2.03 bits per heavy atom. The zero-order valence-corrected chi connectivity index (χ0v) is 19.8. The summed E-state index contributed by atoms with van der Waals surface area (Å²) in [4.78, 5) is 14.9. The zero-order valence-electron chi connectivity index (χ0n) is 16.6. The maximum absolute atomic E-state index is 12.8. The molecule has 0 spiro atoms. The Labute approximate surface area is 198 Å². The van der Waals surface area contributed by atoms with Crippen LogP contribution in [0.1, 0.15) is 5.56 Å². The van der Waals surface area contributed by atoms with Gasteiger partial charge < -0.3 is 4.74 Å². The van der Waals surface area contributed by atoms with Gasteiger partial charge in [0, 0.05) is 23.9 Å². The Kier molecular flexibility index (Phi) is 6.41. The summed E-state index contributed by atoms with van der Waals surface area (Å²) in [6, 6.07) is 15.6. The van der Waals surface area contributed by atoms with Crippen molar-refractivity contribution >= 4 is 56.2 Å². The molecule has 2 heterocycles. The Hall–Kier alpha value is -2.68. The zero-order chi connectivity index (χ0) is 22.0. The van der Waals surface area contributed by atoms with Crippen molar-refractivity contribution in [2.75, 3.05) is 13.7 Å². The first kappa shape index (κ1) is 21.5. The molecule has 156 valence electrons. The van der Waals surface area contributed by atoms with E-state index in [9.17, 15) is 4.79 Å². The van der Waals surface area contributed by atoms with E-state index in [1.54, 1.807) is 18.1 Å². The van der Waals surface area contributed by atoms with Crippen LogP contribution in [0.2, 0.25) is 0 Å². The number of ether oxygens (including phenoxy) is 1. The van der Waals surface area contributed by atoms with Crippen molar-refractivity contribution in [3.8, 4) is 22.7 Å². The molecule has 0 N–H and O–H groups in total. The van der Waals surface area contributed by atoms with E-state index in [0.29, 0.717) is 15.8 Å². The minimum Gasteiger partial charge on any atom is -0.496 e. The van der Waals surface area contributed by atoms with Crippen molar-refractivity contribution < 1.29 is 9.53 Å². The lowest BCUT2D eigenvalue weighted by Gasteiger charge is -2.10. The van der Waals surface area contributed by atoms with E-state index >= 15 is 0 Å². The van der Waals surface area contributed by atoms with Gasteiger partial charge in [-0.2, -0.15) is 5.10 Å². The quantitative estimate of drug-likeness (QED) is 0.241. The maximum Gasteiger partial charge on any atom is 0.266 e. The molecule has 1 aromatic heterocycles. The molecule has 3 aromatic rings. The SMILES string of the molecule is C=CCN1C(=O)/C(=C/c2cn(-c3ccccc3)nc2-c2ccc(OC)c(Br)c2)SC1=S. The monoisotopic (exact) mass is 511 g/mol. The highest BCUT2D eigenvalue weighted by atomic mass is 79.9. The Morgan fingerprint density at radius 3 is 2.71 bits per heavy atom. The summed E-state index contributed by atoms with van der Waals surface area (Å²) in [6.45, 7) is 4.10. The number of nitrogens with zero attached hydrogens (tertiary/aromatic N) is 3. The topological polar surface area (TPSA) is 47.4 Å². The molecule has 1 saturated heterocycles. The Balaban J connectivity index is 1.82. The molecule has 1 aliphatic rings. The Bertz CT molecular complexity index is 1200. The molecule has 1 aliphatic heterocycles. The first-order chi connectivity index (χ1) is 15.0. The van der Waals surface area contributed by atoms with E-state index < -0.39 is 0 Å². The first-order valence-corrected chi connectivity index (χ1v) is 11.4. The number of hydrogen-bond donors (Lipinski definition) is 0. The summed E-state index contributed by atoms with van der Waals surface area (Å²) in [5.41, 5.74) is 3.39. The summed E-state index contributed by atoms with van der Waals surface area (Å²) < 4.78 is 8.51. The second-order valence-corrected chi connectivity index (χ2v) is 9.17. The molecule has 1 amide bonds. The number of thiocarbonyl (C=S) groups is 1. The van der Waals surface area contributed by atoms with Crippen molar-refractivity contribution in [3.63, 3.8) is 0 Å². The fraction of sp³-hybridized carbons (Fsp3) is 0.0870. The summed E-state index contributed by atoms with van der Waals surface area (Å²) in [6.07, 6.45) is 5.44. The minimum absolute atomic E-state index is 0.121. The Morgan fingerprint density at radius 1 is 1.26 bits per heavy atom. The number of halogens is 1. The standard InChI is InChI=1S/C23H18BrN3O2S2/c1-3-11-26-22(28)20(31-23(26)30)13-16-14-27(17-7-5-4-6-8-17)25-21(16)15-9-10-19(29-2)18(24)12-15/h3-10,12-14H,1,11H2,2H3/b20-13-. The van der Waals surface area contributed by atoms with Crippen molar-refractivity contribution in [1.29, 1.82) is 0 Å². The number of carbonyl (C=O) groups is 1. The average Bonchev–Trinajstić information content (AvgIpc) is 3.31. The highest BCUT2D eigenvalue weighted by Gasteiger charge is 2.31. The highest BCUT2D eigenvalue weighted by molar-refractivity contribution is 9.10. The van der Waals surface area contributed by atoms with Crippen LogP contribution < -0.4 is 4.74 Å². The molecule has 0 bridgehead atoms. The lowest BCUT2D eigenvalue weighted by Crippen LogP contribution is -2.27. The number of rotatable bonds is 6. The summed E-state index contributed by atoms with van der Waals surface area (Å²) in [7, 11) is 1.63. The van der Waals surface area contributed by atoms with Gasteiger partial charge in [-0.25, -0.2) is 4.68 Å². The van der Waals surface area contributed by atoms with E-state index in [2.05, 4.69) is 22.5 Å². The summed E-state index contributed by atoms with van der Waals surface area (Å²) >= 11 is 10.2. The third kappa shape index (κ3) is 4.37. The molecular formula is C23H18BrN3O2S2. The van der Waals surface area contributed by atoms with Gasteiger partial charge in [-0.05, 0) is 52.3 Å². The number of thioether (sulfide) groups is 1. The fourth-order valence-electron chi connectivity index (χ4n) is 3.17. The molecule has 1 fully saturated rings. The molecule has 31 heavy (non-hydrogen) atoms. The van der Waals surface area contributed by atoms with Gasteiger partial charge in [0.05, 0.1) is 22.2 Å². The molecule has 0 radical (unpaired) electrons. The van der Waals surface area contributed by atoms with Gasteiger partial charge >= 0.3 is 0 Å². The predicted octanol–water partition coefficient (Wildman–Crippen LogP) is 5.70. The number of benzene rings is 2. The van der Waals surface area contributed by atoms with E-state index in [-0.39, 0.29) is 5.91 Å². The van der Waals surface area contributed by atoms with Crippen molar-refractivity contribution in [2.45, 2.75) is 0 Å². The van der Waals surface area contributed by atoms with E-state index in [0.717, 1.165) is 32.7 Å². The van der Waals surface area contributed by atoms with Gasteiger partial charge in [-0.3, -0.25) is 9.69 Å². The number of para-hydroxylation sites is 1. The van der Waals surface area contributed by atoms with E-state index in [1.165, 1.54) is 11.8 Å². The molecule has 0 atom stereocenters. The third-order valence-electron chi connectivity index (χ3n) is 4.66. The number of carbonyl (C=O) groups excluding carboxylic acids is 1. The molecule has 5 nitrogen and oxygen atoms in total. The van der Waals surface area contributed by atoms with Gasteiger partial charge in [0.15, 0.2) is 0 Å². The molecule has 8 heteroatoms. The number of aromatic nitrogens is 2. The number of amides is 1. The maximum atomic E-state index is 12.8. The smallest absolute Gasteiger partial charge is 0.266 e. The number of methoxy groups -OCH3 is 1. The molecule has 4 rings (SSSR count). The predicted molar refractivity (Wildman–Crippen MR) is 133 cm³/mol. The van der Waals surface area contributed by atoms with Gasteiger partial charge in [-0.15, -0.1) is 6.58 Å². The molecule has 0 saturated carbocycles. The second-order valence-electron chi connectivity index (χ2n) is 6.64. The molecule has 0 unspecified atom stereocenters. The third-order valence-corrected chi connectivity index (χ3v) is 6.66. The minimum atomic E-state index is -0.121. The van der Waals surface area contributed by atoms with Crippen LogP contribution in [0, 0.1) is 0 Å². The van der Waals surface area contributed by atoms with Crippen LogP contribution in [-0.2, 0) is 4.79 Å². The largest absolute Gasteiger partial charge is 0.496 e. The normalized spacial score (nSPS) is 15.0. The summed E-state index contributed by atoms with van der Waals surface area (Å²) in [5, 5.41) is 4.82. The van der Waals surface area contributed by atoms with Gasteiger partial charge in [0.25, 0.3) is 5.91 Å². The number of hydrogen-bond acceptors (Lipinski definition) is 5. The van der Waals surface area contributed by atoms with Crippen LogP contribution in [0.25, 0.3) is 23.0 Å². The van der Waals surface area contributed by atoms with E-state index in [1.807, 2.05) is 65.5 Å². The van der Waals surface area contributed by atoms with E-state index in [4.69, 9.17) is 22.1 Å².